The predicted octanol–water partition coefficient (Wildman–Crippen LogP) is -0.227. The van der Waals surface area contributed by atoms with Crippen LogP contribution < -0.4 is 5.73 Å². The minimum Gasteiger partial charge on any atom is -0.341 e. The molecule has 0 bridgehead atoms. The molecule has 0 aliphatic heterocycles. The molecule has 4 heteroatoms. The number of nitrogens with zero attached hydrogens (tertiary/aromatic N) is 1. The number of carbonyl (C=O) groups excluding carboxylic acids is 2. The quantitative estimate of drug-likeness (QED) is 0.623. The highest BCUT2D eigenvalue weighted by molar-refractivity contribution is 5.77. The topological polar surface area (TPSA) is 63.4 Å². The normalized spacial score (nSPS) is 9.58. The molecule has 0 saturated carbocycles. The van der Waals surface area contributed by atoms with E-state index in [0.29, 0.717) is 26.1 Å². The van der Waals surface area contributed by atoms with Crippen molar-refractivity contribution < 1.29 is 9.59 Å². The van der Waals surface area contributed by atoms with Crippen molar-refractivity contribution in [2.45, 2.75) is 20.3 Å². The van der Waals surface area contributed by atoms with Gasteiger partial charge in [0.1, 0.15) is 5.78 Å². The van der Waals surface area contributed by atoms with Crippen molar-refractivity contribution in [3.05, 3.63) is 0 Å². The first kappa shape index (κ1) is 11.1. The van der Waals surface area contributed by atoms with Gasteiger partial charge in [0.2, 0.25) is 5.91 Å². The molecule has 0 aromatic carbocycles. The van der Waals surface area contributed by atoms with Gasteiger partial charge in [-0.1, -0.05) is 0 Å². The largest absolute Gasteiger partial charge is 0.341 e. The van der Waals surface area contributed by atoms with Crippen LogP contribution in [0.5, 0.6) is 0 Å². The van der Waals surface area contributed by atoms with Crippen molar-refractivity contribution in [3.63, 3.8) is 0 Å². The molecule has 4 nitrogen and oxygen atoms in total. The number of ketones is 1. The van der Waals surface area contributed by atoms with E-state index in [1.54, 1.807) is 4.90 Å². The lowest BCUT2D eigenvalue weighted by molar-refractivity contribution is -0.129. The second-order valence-electron chi connectivity index (χ2n) is 2.75. The number of Topliss-reactive ketones (excluding diaryl/α,β-unsaturated/α-hetero) is 1. The minimum atomic E-state index is -0.0262. The standard InChI is InChI=1S/C8H16N2O2/c1-7(11)3-5-10(6-4-9)8(2)12/h3-6,9H2,1-2H3. The summed E-state index contributed by atoms with van der Waals surface area (Å²) < 4.78 is 0. The Morgan fingerprint density at radius 1 is 1.25 bits per heavy atom. The first-order chi connectivity index (χ1) is 5.57. The minimum absolute atomic E-state index is 0.0262. The summed E-state index contributed by atoms with van der Waals surface area (Å²) in [6.07, 6.45) is 0.416. The molecule has 0 unspecified atom stereocenters. The van der Waals surface area contributed by atoms with E-state index in [4.69, 9.17) is 5.73 Å². The lowest BCUT2D eigenvalue weighted by Gasteiger charge is -2.18. The lowest BCUT2D eigenvalue weighted by Crippen LogP contribution is -2.35. The Labute approximate surface area is 72.7 Å². The van der Waals surface area contributed by atoms with Crippen LogP contribution in [0.1, 0.15) is 20.3 Å². The van der Waals surface area contributed by atoms with Crippen LogP contribution in [0.4, 0.5) is 0 Å². The van der Waals surface area contributed by atoms with Crippen molar-refractivity contribution in [3.8, 4) is 0 Å². The Kier molecular flexibility index (Phi) is 5.28. The summed E-state index contributed by atoms with van der Waals surface area (Å²) >= 11 is 0. The Morgan fingerprint density at radius 2 is 1.83 bits per heavy atom. The molecule has 2 N–H and O–H groups in total. The third kappa shape index (κ3) is 4.85. The Morgan fingerprint density at radius 3 is 2.17 bits per heavy atom. The number of rotatable bonds is 5. The predicted molar refractivity (Wildman–Crippen MR) is 46.6 cm³/mol. The number of nitrogens with two attached hydrogens (primary N) is 1. The summed E-state index contributed by atoms with van der Waals surface area (Å²) in [4.78, 5) is 23.1. The van der Waals surface area contributed by atoms with Gasteiger partial charge in [-0.3, -0.25) is 9.59 Å². The molecule has 12 heavy (non-hydrogen) atoms. The van der Waals surface area contributed by atoms with Crippen molar-refractivity contribution in [2.75, 3.05) is 19.6 Å². The van der Waals surface area contributed by atoms with Gasteiger partial charge in [-0.05, 0) is 6.92 Å². The van der Waals surface area contributed by atoms with Crippen LogP contribution in [-0.2, 0) is 9.59 Å². The van der Waals surface area contributed by atoms with Gasteiger partial charge in [-0.2, -0.15) is 0 Å². The van der Waals surface area contributed by atoms with Crippen LogP contribution in [0.3, 0.4) is 0 Å². The second-order valence-corrected chi connectivity index (χ2v) is 2.75. The molecule has 0 atom stereocenters. The van der Waals surface area contributed by atoms with Gasteiger partial charge in [0, 0.05) is 33.0 Å². The molecule has 0 aromatic heterocycles. The molecule has 0 aliphatic rings. The van der Waals surface area contributed by atoms with E-state index in [2.05, 4.69) is 0 Å². The number of carbonyl (C=O) groups is 2. The molecule has 0 rings (SSSR count). The van der Waals surface area contributed by atoms with Crippen molar-refractivity contribution >= 4 is 11.7 Å². The summed E-state index contributed by atoms with van der Waals surface area (Å²) in [5.41, 5.74) is 5.29. The van der Waals surface area contributed by atoms with Gasteiger partial charge in [0.15, 0.2) is 0 Å². The van der Waals surface area contributed by atoms with E-state index in [9.17, 15) is 9.59 Å². The number of amides is 1. The fourth-order valence-corrected chi connectivity index (χ4v) is 0.875. The van der Waals surface area contributed by atoms with E-state index in [0.717, 1.165) is 0 Å². The van der Waals surface area contributed by atoms with Gasteiger partial charge in [-0.25, -0.2) is 0 Å². The summed E-state index contributed by atoms with van der Waals surface area (Å²) in [6, 6.07) is 0. The maximum atomic E-state index is 10.9. The Bertz CT molecular complexity index is 168. The lowest BCUT2D eigenvalue weighted by atomic mass is 10.3. The van der Waals surface area contributed by atoms with Gasteiger partial charge < -0.3 is 10.6 Å². The monoisotopic (exact) mass is 172 g/mol. The van der Waals surface area contributed by atoms with Crippen molar-refractivity contribution in [2.24, 2.45) is 5.73 Å². The number of hydrogen-bond acceptors (Lipinski definition) is 3. The van der Waals surface area contributed by atoms with Crippen LogP contribution in [0, 0.1) is 0 Å². The first-order valence-electron chi connectivity index (χ1n) is 4.03. The zero-order valence-corrected chi connectivity index (χ0v) is 7.67. The molecular formula is C8H16N2O2. The second kappa shape index (κ2) is 5.71. The smallest absolute Gasteiger partial charge is 0.219 e. The molecule has 0 spiro atoms. The maximum absolute atomic E-state index is 10.9. The van der Waals surface area contributed by atoms with Crippen LogP contribution in [0.25, 0.3) is 0 Å². The van der Waals surface area contributed by atoms with Crippen LogP contribution in [0.2, 0.25) is 0 Å². The summed E-state index contributed by atoms with van der Waals surface area (Å²) in [5.74, 6) is 0.0694. The van der Waals surface area contributed by atoms with E-state index in [-0.39, 0.29) is 11.7 Å². The molecule has 1 amide bonds. The summed E-state index contributed by atoms with van der Waals surface area (Å²) in [6.45, 7) is 4.46. The highest BCUT2D eigenvalue weighted by atomic mass is 16.2. The average molecular weight is 172 g/mol. The molecule has 0 radical (unpaired) electrons. The molecule has 0 fully saturated rings. The highest BCUT2D eigenvalue weighted by Gasteiger charge is 2.07. The zero-order chi connectivity index (χ0) is 9.56. The summed E-state index contributed by atoms with van der Waals surface area (Å²) in [5, 5.41) is 0. The van der Waals surface area contributed by atoms with Crippen molar-refractivity contribution in [1.82, 2.24) is 4.90 Å². The van der Waals surface area contributed by atoms with E-state index >= 15 is 0 Å². The average Bonchev–Trinajstić information content (AvgIpc) is 1.96. The van der Waals surface area contributed by atoms with Crippen LogP contribution in [-0.4, -0.2) is 36.2 Å². The van der Waals surface area contributed by atoms with E-state index < -0.39 is 0 Å². The van der Waals surface area contributed by atoms with Gasteiger partial charge in [0.05, 0.1) is 0 Å². The third-order valence-corrected chi connectivity index (χ3v) is 1.58. The van der Waals surface area contributed by atoms with Gasteiger partial charge in [-0.15, -0.1) is 0 Å². The van der Waals surface area contributed by atoms with E-state index in [1.165, 1.54) is 13.8 Å². The zero-order valence-electron chi connectivity index (χ0n) is 7.67. The first-order valence-corrected chi connectivity index (χ1v) is 4.03. The fourth-order valence-electron chi connectivity index (χ4n) is 0.875. The Balaban J connectivity index is 3.79. The summed E-state index contributed by atoms with van der Waals surface area (Å²) in [7, 11) is 0. The third-order valence-electron chi connectivity index (χ3n) is 1.58. The van der Waals surface area contributed by atoms with Crippen molar-refractivity contribution in [1.29, 1.82) is 0 Å². The SMILES string of the molecule is CC(=O)CCN(CCN)C(C)=O. The molecule has 0 aliphatic carbocycles. The molecule has 70 valence electrons. The molecule has 0 heterocycles. The van der Waals surface area contributed by atoms with E-state index in [1.807, 2.05) is 0 Å². The number of hydrogen-bond donors (Lipinski definition) is 1. The fraction of sp³-hybridized carbons (Fsp3) is 0.750. The van der Waals surface area contributed by atoms with Crippen LogP contribution in [0.15, 0.2) is 0 Å². The highest BCUT2D eigenvalue weighted by Crippen LogP contribution is 1.92. The molecule has 0 aromatic rings. The molecular weight excluding hydrogens is 156 g/mol. The van der Waals surface area contributed by atoms with Crippen LogP contribution >= 0.6 is 0 Å². The maximum Gasteiger partial charge on any atom is 0.219 e. The van der Waals surface area contributed by atoms with Gasteiger partial charge >= 0.3 is 0 Å². The van der Waals surface area contributed by atoms with Gasteiger partial charge in [0.25, 0.3) is 0 Å². The Hall–Kier alpha value is -0.900. The molecule has 0 saturated heterocycles.